The van der Waals surface area contributed by atoms with Crippen LogP contribution in [0.25, 0.3) is 11.0 Å². The van der Waals surface area contributed by atoms with Gasteiger partial charge in [-0.1, -0.05) is 36.4 Å². The smallest absolute Gasteiger partial charge is 0.148 e. The van der Waals surface area contributed by atoms with E-state index < -0.39 is 0 Å². The number of para-hydroxylation sites is 1. The predicted molar refractivity (Wildman–Crippen MR) is 86.0 cm³/mol. The Labute approximate surface area is 126 Å². The highest BCUT2D eigenvalue weighted by Gasteiger charge is 2.18. The zero-order valence-corrected chi connectivity index (χ0v) is 13.1. The van der Waals surface area contributed by atoms with Crippen LogP contribution in [0.5, 0.6) is 0 Å². The summed E-state index contributed by atoms with van der Waals surface area (Å²) in [4.78, 5) is 0. The number of halogens is 1. The van der Waals surface area contributed by atoms with Gasteiger partial charge in [0.05, 0.1) is 10.5 Å². The first-order valence-corrected chi connectivity index (χ1v) is 7.40. The van der Waals surface area contributed by atoms with Crippen LogP contribution in [0.4, 0.5) is 0 Å². The van der Waals surface area contributed by atoms with Gasteiger partial charge in [0.15, 0.2) is 0 Å². The molecule has 1 heterocycles. The van der Waals surface area contributed by atoms with Crippen molar-refractivity contribution in [2.75, 3.05) is 7.05 Å². The molecule has 2 nitrogen and oxygen atoms in total. The van der Waals surface area contributed by atoms with Crippen molar-refractivity contribution in [2.45, 2.75) is 13.0 Å². The topological polar surface area (TPSA) is 25.2 Å². The van der Waals surface area contributed by atoms with Gasteiger partial charge in [0, 0.05) is 5.39 Å². The lowest BCUT2D eigenvalue weighted by atomic mass is 9.99. The summed E-state index contributed by atoms with van der Waals surface area (Å²) in [6, 6.07) is 16.6. The largest absolute Gasteiger partial charge is 0.458 e. The van der Waals surface area contributed by atoms with E-state index in [4.69, 9.17) is 4.42 Å². The Morgan fingerprint density at radius 2 is 1.90 bits per heavy atom. The van der Waals surface area contributed by atoms with Gasteiger partial charge >= 0.3 is 0 Å². The maximum Gasteiger partial charge on any atom is 0.148 e. The minimum atomic E-state index is 0.0653. The molecule has 0 aliphatic rings. The second kappa shape index (κ2) is 5.43. The number of hydrogen-bond donors (Lipinski definition) is 1. The van der Waals surface area contributed by atoms with Crippen LogP contribution in [-0.2, 0) is 0 Å². The fourth-order valence-electron chi connectivity index (χ4n) is 2.55. The lowest BCUT2D eigenvalue weighted by Crippen LogP contribution is -2.17. The van der Waals surface area contributed by atoms with Crippen LogP contribution in [-0.4, -0.2) is 7.05 Å². The van der Waals surface area contributed by atoms with Crippen molar-refractivity contribution in [3.05, 3.63) is 69.9 Å². The molecule has 0 spiro atoms. The number of nitrogens with one attached hydrogen (secondary N) is 1. The molecule has 20 heavy (non-hydrogen) atoms. The van der Waals surface area contributed by atoms with Gasteiger partial charge in [0.2, 0.25) is 0 Å². The molecule has 2 aromatic carbocycles. The fourth-order valence-corrected chi connectivity index (χ4v) is 3.01. The lowest BCUT2D eigenvalue weighted by molar-refractivity contribution is 0.489. The van der Waals surface area contributed by atoms with Gasteiger partial charge in [-0.05, 0) is 53.2 Å². The van der Waals surface area contributed by atoms with Crippen LogP contribution in [0.1, 0.15) is 22.9 Å². The summed E-state index contributed by atoms with van der Waals surface area (Å²) < 4.78 is 7.04. The van der Waals surface area contributed by atoms with E-state index >= 15 is 0 Å². The number of benzene rings is 2. The van der Waals surface area contributed by atoms with Crippen molar-refractivity contribution in [2.24, 2.45) is 0 Å². The van der Waals surface area contributed by atoms with Crippen LogP contribution < -0.4 is 5.32 Å². The molecule has 3 aromatic rings. The molecule has 1 aromatic heterocycles. The van der Waals surface area contributed by atoms with E-state index in [1.165, 1.54) is 11.1 Å². The fraction of sp³-hybridized carbons (Fsp3) is 0.176. The van der Waals surface area contributed by atoms with Crippen molar-refractivity contribution in [1.82, 2.24) is 5.32 Å². The van der Waals surface area contributed by atoms with E-state index in [0.29, 0.717) is 0 Å². The van der Waals surface area contributed by atoms with Gasteiger partial charge in [-0.3, -0.25) is 0 Å². The molecule has 1 unspecified atom stereocenters. The van der Waals surface area contributed by atoms with Crippen LogP contribution in [0.3, 0.4) is 0 Å². The minimum Gasteiger partial charge on any atom is -0.458 e. The van der Waals surface area contributed by atoms with Crippen LogP contribution in [0.15, 0.2) is 57.4 Å². The first-order valence-electron chi connectivity index (χ1n) is 6.61. The zero-order valence-electron chi connectivity index (χ0n) is 11.5. The highest BCUT2D eigenvalue weighted by molar-refractivity contribution is 9.10. The Morgan fingerprint density at radius 1 is 1.10 bits per heavy atom. The van der Waals surface area contributed by atoms with Gasteiger partial charge in [0.25, 0.3) is 0 Å². The molecule has 0 radical (unpaired) electrons. The molecule has 0 saturated carbocycles. The Bertz CT molecular complexity index is 748. The predicted octanol–water partition coefficient (Wildman–Crippen LogP) is 4.81. The molecular weight excluding hydrogens is 314 g/mol. The first-order chi connectivity index (χ1) is 9.70. The van der Waals surface area contributed by atoms with Gasteiger partial charge in [-0.15, -0.1) is 0 Å². The molecule has 3 rings (SSSR count). The second-order valence-electron chi connectivity index (χ2n) is 4.89. The highest BCUT2D eigenvalue weighted by Crippen LogP contribution is 2.32. The molecule has 0 amide bonds. The summed E-state index contributed by atoms with van der Waals surface area (Å²) in [5, 5.41) is 4.46. The molecular formula is C17H16BrNO. The van der Waals surface area contributed by atoms with Crippen molar-refractivity contribution in [3.63, 3.8) is 0 Å². The summed E-state index contributed by atoms with van der Waals surface area (Å²) in [6.07, 6.45) is 0. The molecule has 0 fully saturated rings. The number of rotatable bonds is 3. The molecule has 102 valence electrons. The van der Waals surface area contributed by atoms with Gasteiger partial charge in [-0.2, -0.15) is 0 Å². The van der Waals surface area contributed by atoms with E-state index in [0.717, 1.165) is 21.2 Å². The molecule has 0 aliphatic heterocycles. The standard InChI is InChI=1S/C17H16BrNO/c1-11-6-3-4-8-13(11)16(19-2)15-10-12-7-5-9-14(18)17(12)20-15/h3-10,16,19H,1-2H3. The van der Waals surface area contributed by atoms with Crippen LogP contribution in [0.2, 0.25) is 0 Å². The first kappa shape index (κ1) is 13.4. The van der Waals surface area contributed by atoms with Crippen molar-refractivity contribution < 1.29 is 4.42 Å². The summed E-state index contributed by atoms with van der Waals surface area (Å²) in [6.45, 7) is 2.12. The summed E-state index contributed by atoms with van der Waals surface area (Å²) in [5.74, 6) is 0.934. The van der Waals surface area contributed by atoms with Gasteiger partial charge in [-0.25, -0.2) is 0 Å². The average molecular weight is 330 g/mol. The number of hydrogen-bond acceptors (Lipinski definition) is 2. The van der Waals surface area contributed by atoms with E-state index in [1.807, 2.05) is 19.2 Å². The van der Waals surface area contributed by atoms with E-state index in [2.05, 4.69) is 64.6 Å². The van der Waals surface area contributed by atoms with Crippen molar-refractivity contribution >= 4 is 26.9 Å². The normalized spacial score (nSPS) is 12.8. The van der Waals surface area contributed by atoms with E-state index in [9.17, 15) is 0 Å². The molecule has 3 heteroatoms. The third-order valence-corrected chi connectivity index (χ3v) is 4.21. The minimum absolute atomic E-state index is 0.0653. The van der Waals surface area contributed by atoms with Crippen molar-refractivity contribution in [3.8, 4) is 0 Å². The quantitative estimate of drug-likeness (QED) is 0.745. The van der Waals surface area contributed by atoms with Gasteiger partial charge < -0.3 is 9.73 Å². The molecule has 0 saturated heterocycles. The molecule has 1 N–H and O–H groups in total. The molecule has 0 aliphatic carbocycles. The lowest BCUT2D eigenvalue weighted by Gasteiger charge is -2.16. The average Bonchev–Trinajstić information content (AvgIpc) is 2.87. The third kappa shape index (κ3) is 2.28. The monoisotopic (exact) mass is 329 g/mol. The number of furan rings is 1. The highest BCUT2D eigenvalue weighted by atomic mass is 79.9. The van der Waals surface area contributed by atoms with Gasteiger partial charge in [0.1, 0.15) is 11.3 Å². The Kier molecular flexibility index (Phi) is 3.64. The van der Waals surface area contributed by atoms with Crippen LogP contribution >= 0.6 is 15.9 Å². The van der Waals surface area contributed by atoms with Crippen molar-refractivity contribution in [1.29, 1.82) is 0 Å². The summed E-state index contributed by atoms with van der Waals surface area (Å²) >= 11 is 3.54. The Morgan fingerprint density at radius 3 is 2.60 bits per heavy atom. The SMILES string of the molecule is CNC(c1cc2cccc(Br)c2o1)c1ccccc1C. The molecule has 1 atom stereocenters. The maximum absolute atomic E-state index is 6.05. The number of fused-ring (bicyclic) bond motifs is 1. The summed E-state index contributed by atoms with van der Waals surface area (Å²) in [5.41, 5.74) is 3.40. The Hall–Kier alpha value is -1.58. The maximum atomic E-state index is 6.05. The molecule has 0 bridgehead atoms. The van der Waals surface area contributed by atoms with Crippen LogP contribution in [0, 0.1) is 6.92 Å². The third-order valence-electron chi connectivity index (χ3n) is 3.59. The van der Waals surface area contributed by atoms with E-state index in [1.54, 1.807) is 0 Å². The Balaban J connectivity index is 2.12. The number of aryl methyl sites for hydroxylation is 1. The summed E-state index contributed by atoms with van der Waals surface area (Å²) in [7, 11) is 1.96. The zero-order chi connectivity index (χ0) is 14.1. The second-order valence-corrected chi connectivity index (χ2v) is 5.74. The van der Waals surface area contributed by atoms with E-state index in [-0.39, 0.29) is 6.04 Å².